The number of ether oxygens (including phenoxy) is 2. The zero-order valence-corrected chi connectivity index (χ0v) is 13.8. The number of aliphatic hydroxyl groups excluding tert-OH is 5. The first-order valence-corrected chi connectivity index (χ1v) is 8.09. The van der Waals surface area contributed by atoms with Crippen molar-refractivity contribution in [3.8, 4) is 0 Å². The quantitative estimate of drug-likeness (QED) is 0.362. The van der Waals surface area contributed by atoms with Crippen molar-refractivity contribution in [2.24, 2.45) is 5.92 Å². The second-order valence-electron chi connectivity index (χ2n) is 6.25. The van der Waals surface area contributed by atoms with Crippen LogP contribution in [0.2, 0.25) is 0 Å². The highest BCUT2D eigenvalue weighted by molar-refractivity contribution is 4.99. The van der Waals surface area contributed by atoms with Gasteiger partial charge in [0.15, 0.2) is 6.29 Å². The lowest BCUT2D eigenvalue weighted by atomic mass is 9.99. The van der Waals surface area contributed by atoms with Crippen LogP contribution in [-0.4, -0.2) is 76.1 Å². The third-order valence-electron chi connectivity index (χ3n) is 4.10. The number of allylic oxidation sites excluding steroid dienone is 1. The van der Waals surface area contributed by atoms with Gasteiger partial charge >= 0.3 is 0 Å². The van der Waals surface area contributed by atoms with Gasteiger partial charge in [0.25, 0.3) is 0 Å². The molecule has 0 bridgehead atoms. The maximum Gasteiger partial charge on any atom is 0.187 e. The van der Waals surface area contributed by atoms with Crippen LogP contribution >= 0.6 is 0 Å². The van der Waals surface area contributed by atoms with Crippen molar-refractivity contribution >= 4 is 0 Å². The smallest absolute Gasteiger partial charge is 0.187 e. The third kappa shape index (κ3) is 6.46. The van der Waals surface area contributed by atoms with E-state index in [9.17, 15) is 15.3 Å². The number of hydrogen-bond acceptors (Lipinski definition) is 7. The lowest BCUT2D eigenvalue weighted by Gasteiger charge is -2.39. The summed E-state index contributed by atoms with van der Waals surface area (Å²) >= 11 is 0. The molecule has 0 saturated carbocycles. The standard InChI is InChI=1S/C16H30O7/c1-10(6-7-17)4-3-5-11(2)9-22-16-15(21)14(20)13(19)12(8-18)23-16/h5,10,12-21H,3-4,6-9H2,1-2H3/b11-5+/t10?,12-,13-,14+,15-,16-/m1/s1. The maximum absolute atomic E-state index is 9.86. The molecule has 136 valence electrons. The lowest BCUT2D eigenvalue weighted by Crippen LogP contribution is -2.59. The van der Waals surface area contributed by atoms with E-state index in [4.69, 9.17) is 19.7 Å². The Hall–Kier alpha value is -0.540. The molecule has 1 aliphatic rings. The van der Waals surface area contributed by atoms with Crippen LogP contribution in [0.25, 0.3) is 0 Å². The largest absolute Gasteiger partial charge is 0.396 e. The molecule has 0 aliphatic carbocycles. The van der Waals surface area contributed by atoms with Crippen molar-refractivity contribution in [2.75, 3.05) is 19.8 Å². The fraction of sp³-hybridized carbons (Fsp3) is 0.875. The molecule has 1 saturated heterocycles. The molecule has 1 aliphatic heterocycles. The summed E-state index contributed by atoms with van der Waals surface area (Å²) in [5, 5.41) is 47.2. The minimum atomic E-state index is -1.42. The van der Waals surface area contributed by atoms with Crippen LogP contribution in [0.1, 0.15) is 33.1 Å². The summed E-state index contributed by atoms with van der Waals surface area (Å²) in [6, 6.07) is 0. The van der Waals surface area contributed by atoms with Crippen LogP contribution in [0.5, 0.6) is 0 Å². The fourth-order valence-corrected chi connectivity index (χ4v) is 2.46. The molecule has 7 nitrogen and oxygen atoms in total. The Morgan fingerprint density at radius 1 is 1.13 bits per heavy atom. The lowest BCUT2D eigenvalue weighted by molar-refractivity contribution is -0.299. The van der Waals surface area contributed by atoms with Gasteiger partial charge in [0, 0.05) is 6.61 Å². The molecule has 1 fully saturated rings. The first-order valence-electron chi connectivity index (χ1n) is 8.09. The van der Waals surface area contributed by atoms with Gasteiger partial charge in [0.2, 0.25) is 0 Å². The molecule has 0 aromatic carbocycles. The van der Waals surface area contributed by atoms with E-state index in [2.05, 4.69) is 6.92 Å². The van der Waals surface area contributed by atoms with Crippen molar-refractivity contribution < 1.29 is 35.0 Å². The first kappa shape index (κ1) is 20.5. The second kappa shape index (κ2) is 10.4. The zero-order chi connectivity index (χ0) is 17.4. The van der Waals surface area contributed by atoms with E-state index in [0.29, 0.717) is 5.92 Å². The molecule has 0 aromatic heterocycles. The van der Waals surface area contributed by atoms with Gasteiger partial charge in [-0.05, 0) is 32.1 Å². The van der Waals surface area contributed by atoms with Gasteiger partial charge in [-0.25, -0.2) is 0 Å². The molecule has 1 heterocycles. The molecule has 1 rings (SSSR count). The summed E-state index contributed by atoms with van der Waals surface area (Å²) in [6.45, 7) is 3.92. The number of rotatable bonds is 9. The second-order valence-corrected chi connectivity index (χ2v) is 6.25. The molecule has 0 spiro atoms. The van der Waals surface area contributed by atoms with Gasteiger partial charge in [0.05, 0.1) is 13.2 Å². The minimum absolute atomic E-state index is 0.198. The zero-order valence-electron chi connectivity index (χ0n) is 13.8. The highest BCUT2D eigenvalue weighted by Crippen LogP contribution is 2.22. The monoisotopic (exact) mass is 334 g/mol. The molecule has 5 N–H and O–H groups in total. The summed E-state index contributed by atoms with van der Waals surface area (Å²) in [5.41, 5.74) is 0.957. The van der Waals surface area contributed by atoms with Crippen LogP contribution in [0.4, 0.5) is 0 Å². The summed E-state index contributed by atoms with van der Waals surface area (Å²) in [6.07, 6.45) is -1.57. The molecule has 0 aromatic rings. The highest BCUT2D eigenvalue weighted by Gasteiger charge is 2.43. The molecule has 0 radical (unpaired) electrons. The summed E-state index contributed by atoms with van der Waals surface area (Å²) < 4.78 is 10.7. The topological polar surface area (TPSA) is 120 Å². The average Bonchev–Trinajstić information content (AvgIpc) is 2.52. The van der Waals surface area contributed by atoms with E-state index >= 15 is 0 Å². The molecule has 23 heavy (non-hydrogen) atoms. The Morgan fingerprint density at radius 3 is 2.43 bits per heavy atom. The van der Waals surface area contributed by atoms with E-state index in [1.807, 2.05) is 13.0 Å². The van der Waals surface area contributed by atoms with Crippen molar-refractivity contribution in [3.63, 3.8) is 0 Å². The Kier molecular flexibility index (Phi) is 9.23. The Balaban J connectivity index is 2.40. The van der Waals surface area contributed by atoms with Crippen molar-refractivity contribution in [3.05, 3.63) is 11.6 Å². The van der Waals surface area contributed by atoms with E-state index < -0.39 is 37.3 Å². The van der Waals surface area contributed by atoms with Crippen LogP contribution in [0, 0.1) is 5.92 Å². The van der Waals surface area contributed by atoms with Crippen molar-refractivity contribution in [1.82, 2.24) is 0 Å². The molecule has 1 unspecified atom stereocenters. The Morgan fingerprint density at radius 2 is 1.83 bits per heavy atom. The van der Waals surface area contributed by atoms with Gasteiger partial charge in [-0.1, -0.05) is 18.6 Å². The Labute approximate surface area is 137 Å². The maximum atomic E-state index is 9.86. The van der Waals surface area contributed by atoms with E-state index in [1.165, 1.54) is 0 Å². The fourth-order valence-electron chi connectivity index (χ4n) is 2.46. The van der Waals surface area contributed by atoms with Crippen molar-refractivity contribution in [1.29, 1.82) is 0 Å². The van der Waals surface area contributed by atoms with Gasteiger partial charge in [-0.3, -0.25) is 0 Å². The normalized spacial score (nSPS) is 33.7. The summed E-state index contributed by atoms with van der Waals surface area (Å²) in [5.74, 6) is 0.454. The van der Waals surface area contributed by atoms with Crippen LogP contribution in [0.3, 0.4) is 0 Å². The average molecular weight is 334 g/mol. The van der Waals surface area contributed by atoms with Crippen LogP contribution in [-0.2, 0) is 9.47 Å². The SMILES string of the molecule is C/C(=C\CCC(C)CCO)CO[C@@H]1O[C@H](CO)[C@@H](O)[C@H](O)[C@H]1O. The van der Waals surface area contributed by atoms with Crippen LogP contribution < -0.4 is 0 Å². The third-order valence-corrected chi connectivity index (χ3v) is 4.10. The molecular weight excluding hydrogens is 304 g/mol. The van der Waals surface area contributed by atoms with Gasteiger partial charge in [-0.15, -0.1) is 0 Å². The first-order chi connectivity index (χ1) is 10.9. The van der Waals surface area contributed by atoms with Crippen LogP contribution in [0.15, 0.2) is 11.6 Å². The summed E-state index contributed by atoms with van der Waals surface area (Å²) in [4.78, 5) is 0. The molecule has 6 atom stereocenters. The Bertz CT molecular complexity index is 358. The molecule has 0 amide bonds. The van der Waals surface area contributed by atoms with E-state index in [1.54, 1.807) is 0 Å². The minimum Gasteiger partial charge on any atom is -0.396 e. The van der Waals surface area contributed by atoms with E-state index in [0.717, 1.165) is 24.8 Å². The predicted molar refractivity (Wildman–Crippen MR) is 83.6 cm³/mol. The van der Waals surface area contributed by atoms with E-state index in [-0.39, 0.29) is 13.2 Å². The number of aliphatic hydroxyl groups is 5. The van der Waals surface area contributed by atoms with Gasteiger partial charge in [0.1, 0.15) is 24.4 Å². The predicted octanol–water partition coefficient (Wildman–Crippen LogP) is -0.452. The van der Waals surface area contributed by atoms with Crippen molar-refractivity contribution in [2.45, 2.75) is 63.8 Å². The van der Waals surface area contributed by atoms with Gasteiger partial charge in [-0.2, -0.15) is 0 Å². The highest BCUT2D eigenvalue weighted by atomic mass is 16.7. The van der Waals surface area contributed by atoms with Gasteiger partial charge < -0.3 is 35.0 Å². The summed E-state index contributed by atoms with van der Waals surface area (Å²) in [7, 11) is 0. The molecular formula is C16H30O7. The molecule has 7 heteroatoms. The number of hydrogen-bond donors (Lipinski definition) is 5.